The molecule has 0 aliphatic heterocycles. The van der Waals surface area contributed by atoms with Crippen LogP contribution in [0.25, 0.3) is 4.96 Å². The Hall–Kier alpha value is -1.28. The molecule has 0 bridgehead atoms. The number of hydrogen-bond donors (Lipinski definition) is 2. The van der Waals surface area contributed by atoms with Crippen LogP contribution in [0.3, 0.4) is 0 Å². The number of thiazole rings is 1. The van der Waals surface area contributed by atoms with Gasteiger partial charge in [0.2, 0.25) is 0 Å². The van der Waals surface area contributed by atoms with Gasteiger partial charge in [-0.05, 0) is 18.2 Å². The number of aromatic nitrogens is 2. The number of hydrogen-bond acceptors (Lipinski definition) is 4. The predicted molar refractivity (Wildman–Crippen MR) is 80.9 cm³/mol. The van der Waals surface area contributed by atoms with Crippen LogP contribution in [-0.4, -0.2) is 9.38 Å². The SMILES string of the molecule is NNC(Cc1cn2ccsc2n1)c1cc(Br)ccc1F. The van der Waals surface area contributed by atoms with E-state index in [-0.39, 0.29) is 11.9 Å². The number of nitrogens with two attached hydrogens (primary N) is 1. The quantitative estimate of drug-likeness (QED) is 0.559. The Morgan fingerprint density at radius 3 is 3.10 bits per heavy atom. The molecule has 0 fully saturated rings. The smallest absolute Gasteiger partial charge is 0.193 e. The van der Waals surface area contributed by atoms with E-state index in [9.17, 15) is 4.39 Å². The number of hydrazine groups is 1. The van der Waals surface area contributed by atoms with E-state index < -0.39 is 0 Å². The van der Waals surface area contributed by atoms with Gasteiger partial charge in [0.1, 0.15) is 5.82 Å². The highest BCUT2D eigenvalue weighted by atomic mass is 79.9. The Bertz CT molecular complexity index is 710. The molecular weight excluding hydrogens is 343 g/mol. The number of halogens is 2. The van der Waals surface area contributed by atoms with E-state index in [1.807, 2.05) is 22.2 Å². The van der Waals surface area contributed by atoms with E-state index in [1.165, 1.54) is 6.07 Å². The highest BCUT2D eigenvalue weighted by Crippen LogP contribution is 2.24. The molecule has 0 spiro atoms. The van der Waals surface area contributed by atoms with Gasteiger partial charge in [-0.1, -0.05) is 15.9 Å². The Morgan fingerprint density at radius 2 is 2.35 bits per heavy atom. The van der Waals surface area contributed by atoms with Gasteiger partial charge in [0, 0.05) is 34.2 Å². The summed E-state index contributed by atoms with van der Waals surface area (Å²) < 4.78 is 16.7. The summed E-state index contributed by atoms with van der Waals surface area (Å²) in [7, 11) is 0. The number of rotatable bonds is 4. The first-order chi connectivity index (χ1) is 9.67. The van der Waals surface area contributed by atoms with Gasteiger partial charge in [-0.3, -0.25) is 15.7 Å². The molecule has 4 nitrogen and oxygen atoms in total. The second-order valence-electron chi connectivity index (χ2n) is 4.41. The van der Waals surface area contributed by atoms with Crippen molar-refractivity contribution >= 4 is 32.2 Å². The van der Waals surface area contributed by atoms with Crippen molar-refractivity contribution in [3.05, 3.63) is 57.5 Å². The van der Waals surface area contributed by atoms with Gasteiger partial charge in [0.25, 0.3) is 0 Å². The first kappa shape index (κ1) is 13.7. The largest absolute Gasteiger partial charge is 0.297 e. The zero-order valence-electron chi connectivity index (χ0n) is 10.4. The highest BCUT2D eigenvalue weighted by Gasteiger charge is 2.17. The Labute approximate surface area is 127 Å². The summed E-state index contributed by atoms with van der Waals surface area (Å²) >= 11 is 4.91. The maximum atomic E-state index is 13.9. The molecule has 1 atom stereocenters. The maximum Gasteiger partial charge on any atom is 0.193 e. The van der Waals surface area contributed by atoms with E-state index in [4.69, 9.17) is 5.84 Å². The summed E-state index contributed by atoms with van der Waals surface area (Å²) in [5, 5.41) is 1.97. The summed E-state index contributed by atoms with van der Waals surface area (Å²) in [6.45, 7) is 0. The van der Waals surface area contributed by atoms with E-state index in [1.54, 1.807) is 23.5 Å². The molecule has 20 heavy (non-hydrogen) atoms. The van der Waals surface area contributed by atoms with Crippen molar-refractivity contribution in [2.45, 2.75) is 12.5 Å². The summed E-state index contributed by atoms with van der Waals surface area (Å²) in [6, 6.07) is 4.50. The minimum absolute atomic E-state index is 0.280. The molecule has 104 valence electrons. The summed E-state index contributed by atoms with van der Waals surface area (Å²) in [5.41, 5.74) is 4.07. The van der Waals surface area contributed by atoms with Crippen molar-refractivity contribution in [3.63, 3.8) is 0 Å². The van der Waals surface area contributed by atoms with Crippen LogP contribution in [0, 0.1) is 5.82 Å². The van der Waals surface area contributed by atoms with Crippen LogP contribution in [0.15, 0.2) is 40.4 Å². The van der Waals surface area contributed by atoms with E-state index in [0.29, 0.717) is 12.0 Å². The standard InChI is InChI=1S/C13H12BrFN4S/c14-8-1-2-11(15)10(5-8)12(18-16)6-9-7-19-3-4-20-13(19)17-9/h1-5,7,12,18H,6,16H2. The van der Waals surface area contributed by atoms with Gasteiger partial charge >= 0.3 is 0 Å². The molecule has 0 saturated carbocycles. The van der Waals surface area contributed by atoms with Crippen LogP contribution in [0.4, 0.5) is 4.39 Å². The average Bonchev–Trinajstić information content (AvgIpc) is 3.00. The Morgan fingerprint density at radius 1 is 1.50 bits per heavy atom. The number of imidazole rings is 1. The van der Waals surface area contributed by atoms with Crippen LogP contribution < -0.4 is 11.3 Å². The fourth-order valence-corrected chi connectivity index (χ4v) is 3.22. The van der Waals surface area contributed by atoms with Crippen molar-refractivity contribution in [2.75, 3.05) is 0 Å². The fraction of sp³-hybridized carbons (Fsp3) is 0.154. The Kier molecular flexibility index (Phi) is 3.84. The highest BCUT2D eigenvalue weighted by molar-refractivity contribution is 9.10. The topological polar surface area (TPSA) is 55.3 Å². The third-order valence-corrected chi connectivity index (χ3v) is 4.36. The molecule has 1 unspecified atom stereocenters. The van der Waals surface area contributed by atoms with Gasteiger partial charge in [0.05, 0.1) is 11.7 Å². The molecule has 3 N–H and O–H groups in total. The minimum Gasteiger partial charge on any atom is -0.297 e. The molecule has 1 aromatic carbocycles. The second-order valence-corrected chi connectivity index (χ2v) is 6.20. The maximum absolute atomic E-state index is 13.9. The van der Waals surface area contributed by atoms with Crippen molar-refractivity contribution in [1.29, 1.82) is 0 Å². The van der Waals surface area contributed by atoms with Crippen LogP contribution in [0.1, 0.15) is 17.3 Å². The number of nitrogens with one attached hydrogen (secondary N) is 1. The van der Waals surface area contributed by atoms with Crippen molar-refractivity contribution in [2.24, 2.45) is 5.84 Å². The fourth-order valence-electron chi connectivity index (χ4n) is 2.12. The van der Waals surface area contributed by atoms with Crippen LogP contribution in [0.2, 0.25) is 0 Å². The van der Waals surface area contributed by atoms with Crippen LogP contribution in [-0.2, 0) is 6.42 Å². The average molecular weight is 355 g/mol. The molecule has 0 saturated heterocycles. The molecule has 0 amide bonds. The molecule has 7 heteroatoms. The first-order valence-electron chi connectivity index (χ1n) is 5.99. The van der Waals surface area contributed by atoms with Gasteiger partial charge in [-0.2, -0.15) is 0 Å². The molecule has 2 aromatic heterocycles. The van der Waals surface area contributed by atoms with Crippen LogP contribution >= 0.6 is 27.3 Å². The predicted octanol–water partition coefficient (Wildman–Crippen LogP) is 3.04. The van der Waals surface area contributed by atoms with Crippen molar-refractivity contribution < 1.29 is 4.39 Å². The number of fused-ring (bicyclic) bond motifs is 1. The lowest BCUT2D eigenvalue weighted by Gasteiger charge is -2.16. The van der Waals surface area contributed by atoms with Crippen molar-refractivity contribution in [3.8, 4) is 0 Å². The lowest BCUT2D eigenvalue weighted by molar-refractivity contribution is 0.507. The number of nitrogens with zero attached hydrogens (tertiary/aromatic N) is 2. The first-order valence-corrected chi connectivity index (χ1v) is 7.67. The molecule has 0 aliphatic rings. The molecule has 0 aliphatic carbocycles. The molecule has 3 rings (SSSR count). The van der Waals surface area contributed by atoms with Gasteiger partial charge in [-0.25, -0.2) is 9.37 Å². The van der Waals surface area contributed by atoms with Gasteiger partial charge in [0.15, 0.2) is 4.96 Å². The monoisotopic (exact) mass is 354 g/mol. The lowest BCUT2D eigenvalue weighted by Crippen LogP contribution is -2.30. The Balaban J connectivity index is 1.89. The number of benzene rings is 1. The molecular formula is C13H12BrFN4S. The summed E-state index contributed by atoms with van der Waals surface area (Å²) in [6.07, 6.45) is 4.41. The minimum atomic E-state index is -0.322. The summed E-state index contributed by atoms with van der Waals surface area (Å²) in [5.74, 6) is 5.30. The molecule has 2 heterocycles. The lowest BCUT2D eigenvalue weighted by atomic mass is 10.0. The zero-order valence-corrected chi connectivity index (χ0v) is 12.8. The van der Waals surface area contributed by atoms with Gasteiger partial charge in [-0.15, -0.1) is 11.3 Å². The normalized spacial score (nSPS) is 12.9. The third kappa shape index (κ3) is 2.62. The van der Waals surface area contributed by atoms with E-state index in [0.717, 1.165) is 15.1 Å². The van der Waals surface area contributed by atoms with E-state index >= 15 is 0 Å². The van der Waals surface area contributed by atoms with Gasteiger partial charge < -0.3 is 0 Å². The van der Waals surface area contributed by atoms with E-state index in [2.05, 4.69) is 26.3 Å². The third-order valence-electron chi connectivity index (χ3n) is 3.09. The molecule has 3 aromatic rings. The van der Waals surface area contributed by atoms with Crippen LogP contribution in [0.5, 0.6) is 0 Å². The second kappa shape index (κ2) is 5.61. The molecule has 0 radical (unpaired) electrons. The zero-order chi connectivity index (χ0) is 14.1. The summed E-state index contributed by atoms with van der Waals surface area (Å²) in [4.78, 5) is 5.41. The van der Waals surface area contributed by atoms with Crippen molar-refractivity contribution in [1.82, 2.24) is 14.8 Å².